The van der Waals surface area contributed by atoms with Gasteiger partial charge in [0.25, 0.3) is 5.91 Å². The highest BCUT2D eigenvalue weighted by Crippen LogP contribution is 2.29. The van der Waals surface area contributed by atoms with Gasteiger partial charge in [-0.05, 0) is 23.6 Å². The molecule has 1 aromatic carbocycles. The molecule has 2 saturated heterocycles. The minimum Gasteiger partial charge on any atom is -0.340 e. The lowest BCUT2D eigenvalue weighted by atomic mass is 10.1. The number of hydrogen-bond acceptors (Lipinski definition) is 6. The molecule has 0 aromatic heterocycles. The first-order valence-electron chi connectivity index (χ1n) is 10.6. The lowest BCUT2D eigenvalue weighted by Gasteiger charge is -2.40. The molecule has 8 nitrogen and oxygen atoms in total. The van der Waals surface area contributed by atoms with Crippen molar-refractivity contribution in [2.24, 2.45) is 10.9 Å². The molecule has 1 N–H and O–H groups in total. The van der Waals surface area contributed by atoms with Gasteiger partial charge in [0.1, 0.15) is 0 Å². The van der Waals surface area contributed by atoms with Crippen molar-refractivity contribution in [1.29, 1.82) is 0 Å². The molecule has 4 rings (SSSR count). The number of carbonyl (C=O) groups excluding carboxylic acids is 2. The molecule has 0 saturated carbocycles. The van der Waals surface area contributed by atoms with Gasteiger partial charge in [0.2, 0.25) is 0 Å². The Balaban J connectivity index is 1.59. The quantitative estimate of drug-likeness (QED) is 0.736. The number of carbonyl (C=O) groups is 2. The minimum atomic E-state index is -0.583. The summed E-state index contributed by atoms with van der Waals surface area (Å²) in [6, 6.07) is 4.46. The molecule has 0 aliphatic carbocycles. The summed E-state index contributed by atoms with van der Waals surface area (Å²) in [6.45, 7) is 9.48. The molecule has 1 aromatic rings. The number of likely N-dealkylation sites (N-methyl/N-ethyl adjacent to an activating group) is 1. The number of halogens is 2. The van der Waals surface area contributed by atoms with Gasteiger partial charge in [-0.15, -0.1) is 0 Å². The maximum absolute atomic E-state index is 12.8. The van der Waals surface area contributed by atoms with Crippen LogP contribution in [0.5, 0.6) is 0 Å². The van der Waals surface area contributed by atoms with Crippen molar-refractivity contribution >= 4 is 41.1 Å². The van der Waals surface area contributed by atoms with E-state index in [9.17, 15) is 9.59 Å². The monoisotopic (exact) mass is 466 g/mol. The second-order valence-corrected chi connectivity index (χ2v) is 9.57. The number of imide groups is 1. The fourth-order valence-corrected chi connectivity index (χ4v) is 4.75. The summed E-state index contributed by atoms with van der Waals surface area (Å²) < 4.78 is 0. The van der Waals surface area contributed by atoms with Crippen LogP contribution in [-0.2, 0) is 11.3 Å². The number of hydrogen-bond donors (Lipinski definition) is 1. The minimum absolute atomic E-state index is 0.328. The van der Waals surface area contributed by atoms with Crippen LogP contribution in [0.2, 0.25) is 10.0 Å². The number of amides is 3. The topological polar surface area (TPSA) is 71.5 Å². The molecule has 3 aliphatic heterocycles. The Hall–Kier alpha value is -2.03. The number of benzene rings is 1. The highest BCUT2D eigenvalue weighted by Gasteiger charge is 2.49. The Morgan fingerprint density at radius 2 is 1.84 bits per heavy atom. The lowest BCUT2D eigenvalue weighted by molar-refractivity contribution is -0.127. The van der Waals surface area contributed by atoms with E-state index in [4.69, 9.17) is 28.2 Å². The van der Waals surface area contributed by atoms with Crippen molar-refractivity contribution in [2.75, 3.05) is 39.8 Å². The molecule has 168 valence electrons. The molecule has 3 aliphatic rings. The van der Waals surface area contributed by atoms with Gasteiger partial charge in [-0.1, -0.05) is 43.1 Å². The third-order valence-electron chi connectivity index (χ3n) is 5.95. The maximum atomic E-state index is 12.8. The average molecular weight is 467 g/mol. The van der Waals surface area contributed by atoms with Crippen molar-refractivity contribution in [1.82, 2.24) is 24.9 Å². The molecule has 31 heavy (non-hydrogen) atoms. The fourth-order valence-electron chi connectivity index (χ4n) is 4.43. The summed E-state index contributed by atoms with van der Waals surface area (Å²) >= 11 is 12.3. The van der Waals surface area contributed by atoms with Crippen LogP contribution < -0.4 is 5.32 Å². The number of fused-ring (bicyclic) bond motifs is 1. The van der Waals surface area contributed by atoms with Crippen molar-refractivity contribution in [3.05, 3.63) is 33.8 Å². The predicted molar refractivity (Wildman–Crippen MR) is 121 cm³/mol. The van der Waals surface area contributed by atoms with Crippen LogP contribution in [0.25, 0.3) is 0 Å². The second-order valence-electron chi connectivity index (χ2n) is 8.75. The van der Waals surface area contributed by atoms with Gasteiger partial charge < -0.3 is 14.7 Å². The van der Waals surface area contributed by atoms with Crippen LogP contribution in [0.15, 0.2) is 23.2 Å². The van der Waals surface area contributed by atoms with Gasteiger partial charge >= 0.3 is 6.03 Å². The van der Waals surface area contributed by atoms with Gasteiger partial charge in [-0.25, -0.2) is 9.79 Å². The number of nitrogens with zero attached hydrogens (tertiary/aromatic N) is 5. The normalized spacial score (nSPS) is 24.6. The summed E-state index contributed by atoms with van der Waals surface area (Å²) in [4.78, 5) is 38.0. The van der Waals surface area contributed by atoms with E-state index in [-0.39, 0.29) is 5.91 Å². The summed E-state index contributed by atoms with van der Waals surface area (Å²) in [5.41, 5.74) is 0.925. The first-order chi connectivity index (χ1) is 14.7. The van der Waals surface area contributed by atoms with E-state index in [0.717, 1.165) is 44.2 Å². The van der Waals surface area contributed by atoms with Crippen molar-refractivity contribution < 1.29 is 9.59 Å². The maximum Gasteiger partial charge on any atom is 0.325 e. The number of nitrogens with one attached hydrogen (secondary N) is 1. The zero-order chi connectivity index (χ0) is 22.3. The van der Waals surface area contributed by atoms with Gasteiger partial charge in [0.05, 0.1) is 10.0 Å². The Kier molecular flexibility index (Phi) is 6.32. The van der Waals surface area contributed by atoms with Crippen molar-refractivity contribution in [2.45, 2.75) is 32.6 Å². The molecule has 3 heterocycles. The fraction of sp³-hybridized carbons (Fsp3) is 0.571. The third-order valence-corrected chi connectivity index (χ3v) is 6.69. The summed E-state index contributed by atoms with van der Waals surface area (Å²) in [5.74, 6) is 1.04. The molecule has 0 radical (unpaired) electrons. The Labute approximate surface area is 192 Å². The second kappa shape index (κ2) is 8.84. The van der Waals surface area contributed by atoms with E-state index >= 15 is 0 Å². The van der Waals surface area contributed by atoms with Crippen LogP contribution in [0.1, 0.15) is 19.4 Å². The zero-order valence-corrected chi connectivity index (χ0v) is 19.5. The van der Waals surface area contributed by atoms with Crippen LogP contribution in [0.4, 0.5) is 4.79 Å². The Bertz CT molecular complexity index is 900. The predicted octanol–water partition coefficient (Wildman–Crippen LogP) is 2.31. The largest absolute Gasteiger partial charge is 0.340 e. The van der Waals surface area contributed by atoms with E-state index in [0.29, 0.717) is 22.5 Å². The van der Waals surface area contributed by atoms with E-state index in [1.807, 2.05) is 17.0 Å². The van der Waals surface area contributed by atoms with Gasteiger partial charge in [0.15, 0.2) is 18.2 Å². The number of rotatable bonds is 4. The van der Waals surface area contributed by atoms with Crippen LogP contribution in [0.3, 0.4) is 0 Å². The number of piperazine rings is 1. The first-order valence-corrected chi connectivity index (χ1v) is 11.3. The van der Waals surface area contributed by atoms with E-state index < -0.39 is 18.2 Å². The van der Waals surface area contributed by atoms with Crippen LogP contribution >= 0.6 is 23.2 Å². The third kappa shape index (κ3) is 4.47. The number of aliphatic imine (C=N–C) groups is 1. The standard InChI is InChI=1S/C21H28Cl2N6O2/c1-13(2)11-27-6-8-28(9-7-27)20-24-18-17(19(30)25-21(31)26(18)3)29(20)12-14-4-5-15(22)16(23)10-14/h4-5,10,13,17-18H,6-9,11-12H2,1-3H3,(H,25,30,31). The summed E-state index contributed by atoms with van der Waals surface area (Å²) in [7, 11) is 1.67. The van der Waals surface area contributed by atoms with Gasteiger partial charge in [-0.3, -0.25) is 15.0 Å². The molecule has 2 fully saturated rings. The van der Waals surface area contributed by atoms with E-state index in [1.165, 1.54) is 4.90 Å². The van der Waals surface area contributed by atoms with E-state index in [1.54, 1.807) is 13.1 Å². The molecular weight excluding hydrogens is 439 g/mol. The van der Waals surface area contributed by atoms with Crippen molar-refractivity contribution in [3.63, 3.8) is 0 Å². The SMILES string of the molecule is CC(C)CN1CCN(C2=NC3C(C(=O)NC(=O)N3C)N2Cc2ccc(Cl)c(Cl)c2)CC1. The summed E-state index contributed by atoms with van der Waals surface area (Å²) in [5, 5.41) is 3.40. The van der Waals surface area contributed by atoms with E-state index in [2.05, 4.69) is 29.0 Å². The molecule has 0 bridgehead atoms. The lowest BCUT2D eigenvalue weighted by Crippen LogP contribution is -2.64. The molecule has 2 unspecified atom stereocenters. The molecule has 10 heteroatoms. The first kappa shape index (κ1) is 22.2. The van der Waals surface area contributed by atoms with Gasteiger partial charge in [-0.2, -0.15) is 0 Å². The summed E-state index contributed by atoms with van der Waals surface area (Å²) in [6.07, 6.45) is -0.548. The highest BCUT2D eigenvalue weighted by molar-refractivity contribution is 6.42. The molecule has 3 amide bonds. The van der Waals surface area contributed by atoms with Crippen LogP contribution in [0, 0.1) is 5.92 Å². The Morgan fingerprint density at radius 1 is 1.13 bits per heavy atom. The molecule has 0 spiro atoms. The smallest absolute Gasteiger partial charge is 0.325 e. The van der Waals surface area contributed by atoms with Crippen LogP contribution in [-0.4, -0.2) is 89.5 Å². The molecule has 2 atom stereocenters. The van der Waals surface area contributed by atoms with Gasteiger partial charge in [0, 0.05) is 46.3 Å². The zero-order valence-electron chi connectivity index (χ0n) is 18.0. The Morgan fingerprint density at radius 3 is 2.48 bits per heavy atom. The average Bonchev–Trinajstić information content (AvgIpc) is 3.09. The number of guanidine groups is 1. The highest BCUT2D eigenvalue weighted by atomic mass is 35.5. The number of urea groups is 1. The molecular formula is C21H28Cl2N6O2. The van der Waals surface area contributed by atoms with Crippen molar-refractivity contribution in [3.8, 4) is 0 Å².